The standard InChI is InChI=1S/C19H29N3O3/c1-15(19(24)20-16-7-8-16)22-11-9-21(10-12-22)13-17(23)14-25-18-5-3-2-4-6-18/h2-6,15-17,23H,7-14H2,1H3,(H,20,24)/t15-,17+/m1/s1. The van der Waals surface area contributed by atoms with Gasteiger partial charge in [0.15, 0.2) is 0 Å². The highest BCUT2D eigenvalue weighted by molar-refractivity contribution is 5.81. The first-order valence-electron chi connectivity index (χ1n) is 9.24. The van der Waals surface area contributed by atoms with Crippen LogP contribution in [-0.4, -0.2) is 78.3 Å². The predicted octanol–water partition coefficient (Wildman–Crippen LogP) is 0.711. The van der Waals surface area contributed by atoms with E-state index in [0.717, 1.165) is 44.8 Å². The molecule has 6 nitrogen and oxygen atoms in total. The molecule has 1 aliphatic heterocycles. The van der Waals surface area contributed by atoms with Crippen molar-refractivity contribution in [2.24, 2.45) is 0 Å². The van der Waals surface area contributed by atoms with Crippen molar-refractivity contribution in [2.45, 2.75) is 38.0 Å². The van der Waals surface area contributed by atoms with Crippen molar-refractivity contribution in [3.63, 3.8) is 0 Å². The van der Waals surface area contributed by atoms with Crippen LogP contribution in [0.2, 0.25) is 0 Å². The minimum absolute atomic E-state index is 0.0749. The smallest absolute Gasteiger partial charge is 0.237 e. The number of nitrogens with zero attached hydrogens (tertiary/aromatic N) is 2. The minimum Gasteiger partial charge on any atom is -0.491 e. The van der Waals surface area contributed by atoms with Crippen LogP contribution < -0.4 is 10.1 Å². The van der Waals surface area contributed by atoms with Crippen molar-refractivity contribution in [1.82, 2.24) is 15.1 Å². The second-order valence-corrected chi connectivity index (χ2v) is 7.07. The SMILES string of the molecule is C[C@H](C(=O)NC1CC1)N1CCN(C[C@H](O)COc2ccccc2)CC1. The highest BCUT2D eigenvalue weighted by Gasteiger charge is 2.30. The molecule has 25 heavy (non-hydrogen) atoms. The van der Waals surface area contributed by atoms with Crippen molar-refractivity contribution in [1.29, 1.82) is 0 Å². The lowest BCUT2D eigenvalue weighted by molar-refractivity contribution is -0.126. The molecule has 1 heterocycles. The third kappa shape index (κ3) is 5.70. The summed E-state index contributed by atoms with van der Waals surface area (Å²) in [6.45, 7) is 6.31. The van der Waals surface area contributed by atoms with Gasteiger partial charge in [0, 0.05) is 38.8 Å². The average Bonchev–Trinajstić information content (AvgIpc) is 3.45. The molecule has 1 aliphatic carbocycles. The lowest BCUT2D eigenvalue weighted by Crippen LogP contribution is -2.55. The highest BCUT2D eigenvalue weighted by Crippen LogP contribution is 2.19. The number of para-hydroxylation sites is 1. The van der Waals surface area contributed by atoms with E-state index >= 15 is 0 Å². The molecule has 0 bridgehead atoms. The van der Waals surface area contributed by atoms with E-state index in [2.05, 4.69) is 15.1 Å². The number of piperazine rings is 1. The zero-order chi connectivity index (χ0) is 17.6. The van der Waals surface area contributed by atoms with Crippen LogP contribution in [0.3, 0.4) is 0 Å². The zero-order valence-electron chi connectivity index (χ0n) is 14.9. The summed E-state index contributed by atoms with van der Waals surface area (Å²) >= 11 is 0. The molecule has 1 amide bonds. The van der Waals surface area contributed by atoms with Gasteiger partial charge in [-0.2, -0.15) is 0 Å². The van der Waals surface area contributed by atoms with Gasteiger partial charge in [0.2, 0.25) is 5.91 Å². The number of hydrogen-bond acceptors (Lipinski definition) is 5. The lowest BCUT2D eigenvalue weighted by Gasteiger charge is -2.38. The highest BCUT2D eigenvalue weighted by atomic mass is 16.5. The molecule has 2 aliphatic rings. The van der Waals surface area contributed by atoms with Gasteiger partial charge in [-0.15, -0.1) is 0 Å². The molecule has 1 saturated heterocycles. The largest absolute Gasteiger partial charge is 0.491 e. The average molecular weight is 347 g/mol. The van der Waals surface area contributed by atoms with Gasteiger partial charge < -0.3 is 15.2 Å². The van der Waals surface area contributed by atoms with Crippen molar-refractivity contribution in [3.8, 4) is 5.75 Å². The molecule has 1 saturated carbocycles. The van der Waals surface area contributed by atoms with Gasteiger partial charge in [0.05, 0.1) is 6.04 Å². The quantitative estimate of drug-likeness (QED) is 0.725. The number of β-amino-alcohol motifs (C(OH)–C–C–N with tert-alkyl or cyclic N) is 1. The molecule has 1 aromatic rings. The summed E-state index contributed by atoms with van der Waals surface area (Å²) < 4.78 is 5.60. The van der Waals surface area contributed by atoms with Crippen LogP contribution in [-0.2, 0) is 4.79 Å². The first-order valence-corrected chi connectivity index (χ1v) is 9.24. The molecule has 0 unspecified atom stereocenters. The van der Waals surface area contributed by atoms with E-state index in [9.17, 15) is 9.90 Å². The van der Waals surface area contributed by atoms with Crippen LogP contribution in [0.1, 0.15) is 19.8 Å². The summed E-state index contributed by atoms with van der Waals surface area (Å²) in [6.07, 6.45) is 1.73. The Bertz CT molecular complexity index is 542. The van der Waals surface area contributed by atoms with Crippen LogP contribution in [0.25, 0.3) is 0 Å². The topological polar surface area (TPSA) is 65.0 Å². The fourth-order valence-electron chi connectivity index (χ4n) is 3.11. The van der Waals surface area contributed by atoms with Crippen LogP contribution >= 0.6 is 0 Å². The summed E-state index contributed by atoms with van der Waals surface area (Å²) in [5, 5.41) is 13.3. The number of aliphatic hydroxyl groups excluding tert-OH is 1. The molecule has 2 atom stereocenters. The number of ether oxygens (including phenoxy) is 1. The van der Waals surface area contributed by atoms with E-state index in [1.165, 1.54) is 0 Å². The third-order valence-electron chi connectivity index (χ3n) is 4.91. The van der Waals surface area contributed by atoms with Crippen molar-refractivity contribution in [2.75, 3.05) is 39.3 Å². The molecule has 138 valence electrons. The Morgan fingerprint density at radius 1 is 1.24 bits per heavy atom. The van der Waals surface area contributed by atoms with Crippen molar-refractivity contribution < 1.29 is 14.6 Å². The Hall–Kier alpha value is -1.63. The van der Waals surface area contributed by atoms with Gasteiger partial charge in [-0.05, 0) is 31.9 Å². The number of rotatable bonds is 8. The summed E-state index contributed by atoms with van der Waals surface area (Å²) in [5.41, 5.74) is 0. The van der Waals surface area contributed by atoms with Crippen molar-refractivity contribution >= 4 is 5.91 Å². The van der Waals surface area contributed by atoms with E-state index < -0.39 is 6.10 Å². The zero-order valence-corrected chi connectivity index (χ0v) is 14.9. The molecule has 0 radical (unpaired) electrons. The monoisotopic (exact) mass is 347 g/mol. The summed E-state index contributed by atoms with van der Waals surface area (Å²) in [4.78, 5) is 16.6. The summed E-state index contributed by atoms with van der Waals surface area (Å²) in [5.74, 6) is 0.925. The molecular formula is C19H29N3O3. The predicted molar refractivity (Wildman–Crippen MR) is 96.6 cm³/mol. The molecule has 2 fully saturated rings. The number of benzene rings is 1. The van der Waals surface area contributed by atoms with Gasteiger partial charge in [-0.25, -0.2) is 0 Å². The van der Waals surface area contributed by atoms with E-state index in [0.29, 0.717) is 19.2 Å². The fourth-order valence-corrected chi connectivity index (χ4v) is 3.11. The molecule has 0 spiro atoms. The third-order valence-corrected chi connectivity index (χ3v) is 4.91. The Morgan fingerprint density at radius 2 is 1.92 bits per heavy atom. The summed E-state index contributed by atoms with van der Waals surface area (Å²) in [6, 6.07) is 9.89. The van der Waals surface area contributed by atoms with Gasteiger partial charge in [0.1, 0.15) is 18.5 Å². The summed E-state index contributed by atoms with van der Waals surface area (Å²) in [7, 11) is 0. The molecule has 1 aromatic carbocycles. The van der Waals surface area contributed by atoms with Gasteiger partial charge in [-0.1, -0.05) is 18.2 Å². The second kappa shape index (κ2) is 8.65. The maximum Gasteiger partial charge on any atom is 0.237 e. The lowest BCUT2D eigenvalue weighted by atomic mass is 10.2. The first-order chi connectivity index (χ1) is 12.1. The van der Waals surface area contributed by atoms with Crippen LogP contribution in [0.15, 0.2) is 30.3 Å². The molecule has 0 aromatic heterocycles. The molecule has 2 N–H and O–H groups in total. The molecule has 6 heteroatoms. The number of amides is 1. The Morgan fingerprint density at radius 3 is 2.56 bits per heavy atom. The Labute approximate surface area is 149 Å². The maximum atomic E-state index is 12.1. The van der Waals surface area contributed by atoms with Gasteiger partial charge in [0.25, 0.3) is 0 Å². The minimum atomic E-state index is -0.512. The fraction of sp³-hybridized carbons (Fsp3) is 0.632. The van der Waals surface area contributed by atoms with Gasteiger partial charge in [-0.3, -0.25) is 14.6 Å². The maximum absolute atomic E-state index is 12.1. The van der Waals surface area contributed by atoms with E-state index in [1.54, 1.807) is 0 Å². The Kier molecular flexibility index (Phi) is 6.29. The molecular weight excluding hydrogens is 318 g/mol. The first kappa shape index (κ1) is 18.2. The van der Waals surface area contributed by atoms with Crippen LogP contribution in [0, 0.1) is 0 Å². The second-order valence-electron chi connectivity index (χ2n) is 7.07. The van der Waals surface area contributed by atoms with Crippen molar-refractivity contribution in [3.05, 3.63) is 30.3 Å². The van der Waals surface area contributed by atoms with E-state index in [-0.39, 0.29) is 11.9 Å². The van der Waals surface area contributed by atoms with Gasteiger partial charge >= 0.3 is 0 Å². The number of carbonyl (C=O) groups is 1. The number of carbonyl (C=O) groups excluding carboxylic acids is 1. The van der Waals surface area contributed by atoms with E-state index in [1.807, 2.05) is 37.3 Å². The normalized spacial score (nSPS) is 21.5. The number of nitrogens with one attached hydrogen (secondary N) is 1. The Balaban J connectivity index is 1.34. The number of hydrogen-bond donors (Lipinski definition) is 2. The number of aliphatic hydroxyl groups is 1. The van der Waals surface area contributed by atoms with E-state index in [4.69, 9.17) is 4.74 Å². The van der Waals surface area contributed by atoms with Crippen LogP contribution in [0.4, 0.5) is 0 Å². The molecule has 3 rings (SSSR count). The van der Waals surface area contributed by atoms with Crippen LogP contribution in [0.5, 0.6) is 5.75 Å².